The smallest absolute Gasteiger partial charge is 0.143 e. The van der Waals surface area contributed by atoms with Crippen molar-refractivity contribution in [2.75, 3.05) is 26.7 Å². The Morgan fingerprint density at radius 2 is 2.12 bits per heavy atom. The van der Waals surface area contributed by atoms with Crippen molar-refractivity contribution in [1.82, 2.24) is 9.80 Å². The van der Waals surface area contributed by atoms with Crippen molar-refractivity contribution in [2.24, 2.45) is 16.8 Å². The number of oxime groups is 1. The summed E-state index contributed by atoms with van der Waals surface area (Å²) in [7, 11) is 2.25. The van der Waals surface area contributed by atoms with E-state index in [2.05, 4.69) is 22.0 Å². The molecule has 0 aromatic rings. The summed E-state index contributed by atoms with van der Waals surface area (Å²) in [4.78, 5) is 5.00. The van der Waals surface area contributed by atoms with Gasteiger partial charge in [-0.15, -0.1) is 0 Å². The lowest BCUT2D eigenvalue weighted by Gasteiger charge is -2.27. The highest BCUT2D eigenvalue weighted by molar-refractivity contribution is 5.82. The van der Waals surface area contributed by atoms with Gasteiger partial charge in [-0.25, -0.2) is 0 Å². The van der Waals surface area contributed by atoms with Crippen LogP contribution in [0.5, 0.6) is 0 Å². The first-order chi connectivity index (χ1) is 8.11. The van der Waals surface area contributed by atoms with E-state index in [1.54, 1.807) is 0 Å². The average molecular weight is 240 g/mol. The Morgan fingerprint density at radius 1 is 1.41 bits per heavy atom. The van der Waals surface area contributed by atoms with Gasteiger partial charge in [-0.1, -0.05) is 12.1 Å². The molecular formula is C12H24N4O. The van der Waals surface area contributed by atoms with Gasteiger partial charge >= 0.3 is 0 Å². The SMILES string of the molecule is CC(CN1CCC2CCC(C1)N2C)C(N)=NO. The van der Waals surface area contributed by atoms with Crippen LogP contribution in [0.3, 0.4) is 0 Å². The number of rotatable bonds is 3. The van der Waals surface area contributed by atoms with Crippen LogP contribution < -0.4 is 5.73 Å². The summed E-state index contributed by atoms with van der Waals surface area (Å²) in [6.07, 6.45) is 3.91. The molecule has 0 aromatic carbocycles. The molecule has 0 aliphatic carbocycles. The van der Waals surface area contributed by atoms with Crippen LogP contribution in [0.1, 0.15) is 26.2 Å². The van der Waals surface area contributed by atoms with E-state index in [1.807, 2.05) is 6.92 Å². The van der Waals surface area contributed by atoms with E-state index in [0.29, 0.717) is 11.9 Å². The molecule has 0 spiro atoms. The predicted molar refractivity (Wildman–Crippen MR) is 68.2 cm³/mol. The third kappa shape index (κ3) is 2.72. The van der Waals surface area contributed by atoms with Crippen LogP contribution in [0.4, 0.5) is 0 Å². The Hall–Kier alpha value is -0.810. The normalized spacial score (nSPS) is 33.6. The van der Waals surface area contributed by atoms with E-state index >= 15 is 0 Å². The van der Waals surface area contributed by atoms with E-state index in [1.165, 1.54) is 19.3 Å². The fraction of sp³-hybridized carbons (Fsp3) is 0.917. The molecule has 0 radical (unpaired) electrons. The molecule has 0 aromatic heterocycles. The van der Waals surface area contributed by atoms with E-state index in [-0.39, 0.29) is 5.92 Å². The third-order valence-corrected chi connectivity index (χ3v) is 4.38. The molecule has 0 amide bonds. The molecule has 2 bridgehead atoms. The summed E-state index contributed by atoms with van der Waals surface area (Å²) in [6.45, 7) is 5.17. The van der Waals surface area contributed by atoms with E-state index < -0.39 is 0 Å². The van der Waals surface area contributed by atoms with Gasteiger partial charge in [0.1, 0.15) is 5.84 Å². The number of fused-ring (bicyclic) bond motifs is 2. The molecule has 2 aliphatic rings. The van der Waals surface area contributed by atoms with Crippen LogP contribution >= 0.6 is 0 Å². The summed E-state index contributed by atoms with van der Waals surface area (Å²) in [5.41, 5.74) is 5.64. The fourth-order valence-corrected chi connectivity index (χ4v) is 3.12. The number of amidine groups is 1. The minimum absolute atomic E-state index is 0.127. The lowest BCUT2D eigenvalue weighted by molar-refractivity contribution is 0.211. The van der Waals surface area contributed by atoms with Gasteiger partial charge < -0.3 is 15.8 Å². The van der Waals surface area contributed by atoms with Gasteiger partial charge in [0.15, 0.2) is 0 Å². The quantitative estimate of drug-likeness (QED) is 0.327. The molecule has 2 aliphatic heterocycles. The van der Waals surface area contributed by atoms with Gasteiger partial charge in [0.2, 0.25) is 0 Å². The van der Waals surface area contributed by atoms with Crippen LogP contribution in [-0.2, 0) is 0 Å². The summed E-state index contributed by atoms with van der Waals surface area (Å²) in [5.74, 6) is 0.467. The number of nitrogens with zero attached hydrogens (tertiary/aromatic N) is 3. The van der Waals surface area contributed by atoms with Gasteiger partial charge in [-0.3, -0.25) is 4.90 Å². The Labute approximate surface area is 103 Å². The van der Waals surface area contributed by atoms with Crippen molar-refractivity contribution in [3.8, 4) is 0 Å². The molecule has 3 N–H and O–H groups in total. The Bertz CT molecular complexity index is 294. The summed E-state index contributed by atoms with van der Waals surface area (Å²) in [5, 5.41) is 11.8. The van der Waals surface area contributed by atoms with E-state index in [0.717, 1.165) is 25.7 Å². The first-order valence-corrected chi connectivity index (χ1v) is 6.53. The molecule has 2 heterocycles. The molecule has 3 unspecified atom stereocenters. The van der Waals surface area contributed by atoms with Gasteiger partial charge in [-0.2, -0.15) is 0 Å². The zero-order valence-electron chi connectivity index (χ0n) is 10.8. The lowest BCUT2D eigenvalue weighted by Crippen LogP contribution is -2.40. The van der Waals surface area contributed by atoms with Gasteiger partial charge in [0, 0.05) is 31.1 Å². The minimum atomic E-state index is 0.127. The number of nitrogens with two attached hydrogens (primary N) is 1. The van der Waals surface area contributed by atoms with E-state index in [9.17, 15) is 0 Å². The summed E-state index contributed by atoms with van der Waals surface area (Å²) < 4.78 is 0. The predicted octanol–water partition coefficient (Wildman–Crippen LogP) is 0.537. The molecule has 98 valence electrons. The minimum Gasteiger partial charge on any atom is -0.409 e. The Kier molecular flexibility index (Phi) is 3.89. The monoisotopic (exact) mass is 240 g/mol. The highest BCUT2D eigenvalue weighted by Gasteiger charge is 2.34. The van der Waals surface area contributed by atoms with Crippen LogP contribution in [-0.4, -0.2) is 59.6 Å². The zero-order chi connectivity index (χ0) is 12.4. The van der Waals surface area contributed by atoms with Crippen LogP contribution in [0.25, 0.3) is 0 Å². The molecule has 0 saturated carbocycles. The Balaban J connectivity index is 1.91. The number of likely N-dealkylation sites (tertiary alicyclic amines) is 1. The largest absolute Gasteiger partial charge is 0.409 e. The Morgan fingerprint density at radius 3 is 2.82 bits per heavy atom. The van der Waals surface area contributed by atoms with Crippen molar-refractivity contribution >= 4 is 5.84 Å². The van der Waals surface area contributed by atoms with Crippen molar-refractivity contribution in [3.63, 3.8) is 0 Å². The highest BCUT2D eigenvalue weighted by Crippen LogP contribution is 2.28. The van der Waals surface area contributed by atoms with Crippen molar-refractivity contribution in [1.29, 1.82) is 0 Å². The first-order valence-electron chi connectivity index (χ1n) is 6.53. The van der Waals surface area contributed by atoms with Crippen LogP contribution in [0.15, 0.2) is 5.16 Å². The molecule has 5 nitrogen and oxygen atoms in total. The molecule has 2 fully saturated rings. The molecular weight excluding hydrogens is 216 g/mol. The molecule has 3 atom stereocenters. The van der Waals surface area contributed by atoms with Crippen molar-refractivity contribution < 1.29 is 5.21 Å². The number of hydrogen-bond donors (Lipinski definition) is 2. The number of likely N-dealkylation sites (N-methyl/N-ethyl adjacent to an activating group) is 1. The second kappa shape index (κ2) is 5.23. The van der Waals surface area contributed by atoms with E-state index in [4.69, 9.17) is 10.9 Å². The maximum absolute atomic E-state index is 8.67. The molecule has 5 heteroatoms. The first kappa shape index (κ1) is 12.6. The second-order valence-corrected chi connectivity index (χ2v) is 5.52. The topological polar surface area (TPSA) is 65.1 Å². The third-order valence-electron chi connectivity index (χ3n) is 4.38. The molecule has 2 rings (SSSR count). The highest BCUT2D eigenvalue weighted by atomic mass is 16.4. The maximum atomic E-state index is 8.67. The van der Waals surface area contributed by atoms with Gasteiger partial charge in [-0.05, 0) is 32.9 Å². The fourth-order valence-electron chi connectivity index (χ4n) is 3.12. The zero-order valence-corrected chi connectivity index (χ0v) is 10.8. The van der Waals surface area contributed by atoms with Gasteiger partial charge in [0.25, 0.3) is 0 Å². The summed E-state index contributed by atoms with van der Waals surface area (Å²) in [6, 6.07) is 1.46. The average Bonchev–Trinajstić information content (AvgIpc) is 2.56. The summed E-state index contributed by atoms with van der Waals surface area (Å²) >= 11 is 0. The van der Waals surface area contributed by atoms with Crippen molar-refractivity contribution in [2.45, 2.75) is 38.3 Å². The maximum Gasteiger partial charge on any atom is 0.143 e. The van der Waals surface area contributed by atoms with Crippen molar-refractivity contribution in [3.05, 3.63) is 0 Å². The number of hydrogen-bond acceptors (Lipinski definition) is 4. The molecule has 2 saturated heterocycles. The molecule has 17 heavy (non-hydrogen) atoms. The van der Waals surface area contributed by atoms with Gasteiger partial charge in [0.05, 0.1) is 0 Å². The van der Waals surface area contributed by atoms with Crippen LogP contribution in [0.2, 0.25) is 0 Å². The van der Waals surface area contributed by atoms with Crippen LogP contribution in [0, 0.1) is 5.92 Å². The standard InChI is InChI=1S/C12H24N4O/c1-9(12(13)14-17)7-16-6-5-10-3-4-11(8-16)15(10)2/h9-11,17H,3-8H2,1-2H3,(H2,13,14). The second-order valence-electron chi connectivity index (χ2n) is 5.52. The lowest BCUT2D eigenvalue weighted by atomic mass is 10.1.